The van der Waals surface area contributed by atoms with Crippen molar-refractivity contribution in [2.24, 2.45) is 0 Å². The molecule has 3 aromatic rings. The number of carbonyl (C=O) groups excluding carboxylic acids is 1. The topological polar surface area (TPSA) is 69.5 Å². The summed E-state index contributed by atoms with van der Waals surface area (Å²) in [6.07, 6.45) is 3.77. The second kappa shape index (κ2) is 10.7. The molecule has 7 nitrogen and oxygen atoms in total. The first kappa shape index (κ1) is 22.4. The van der Waals surface area contributed by atoms with Crippen LogP contribution in [0.2, 0.25) is 0 Å². The van der Waals surface area contributed by atoms with Gasteiger partial charge in [0.15, 0.2) is 5.16 Å². The molecule has 2 aromatic carbocycles. The maximum Gasteiger partial charge on any atom is 0.233 e. The summed E-state index contributed by atoms with van der Waals surface area (Å²) >= 11 is 1.39. The average Bonchev–Trinajstić information content (AvgIpc) is 3.50. The van der Waals surface area contributed by atoms with Crippen LogP contribution in [0.1, 0.15) is 24.0 Å². The van der Waals surface area contributed by atoms with E-state index in [2.05, 4.69) is 17.1 Å². The van der Waals surface area contributed by atoms with Crippen LogP contribution in [0.5, 0.6) is 5.75 Å². The van der Waals surface area contributed by atoms with Crippen LogP contribution in [-0.2, 0) is 16.1 Å². The van der Waals surface area contributed by atoms with Gasteiger partial charge in [0.25, 0.3) is 0 Å². The molecule has 0 radical (unpaired) electrons. The Kier molecular flexibility index (Phi) is 7.44. The van der Waals surface area contributed by atoms with E-state index in [1.54, 1.807) is 13.4 Å². The molecule has 0 N–H and O–H groups in total. The molecule has 1 atom stereocenters. The molecule has 4 rings (SSSR count). The molecule has 0 aliphatic carbocycles. The Labute approximate surface area is 192 Å². The minimum atomic E-state index is 0.0369. The van der Waals surface area contributed by atoms with Crippen LogP contribution in [0.4, 0.5) is 0 Å². The van der Waals surface area contributed by atoms with Gasteiger partial charge in [0, 0.05) is 30.9 Å². The van der Waals surface area contributed by atoms with E-state index >= 15 is 0 Å². The summed E-state index contributed by atoms with van der Waals surface area (Å²) in [4.78, 5) is 15.1. The zero-order chi connectivity index (χ0) is 22.3. The number of methoxy groups -OCH3 is 1. The molecule has 1 aliphatic rings. The van der Waals surface area contributed by atoms with Crippen LogP contribution in [0, 0.1) is 6.92 Å². The second-order valence-corrected chi connectivity index (χ2v) is 8.77. The van der Waals surface area contributed by atoms with E-state index in [1.165, 1.54) is 17.3 Å². The number of ether oxygens (including phenoxy) is 2. The SMILES string of the molecule is COc1ccccc1CN(CC1CCCO1)C(=O)CSc1nncn1-c1ccc(C)cc1. The lowest BCUT2D eigenvalue weighted by Gasteiger charge is -2.26. The smallest absolute Gasteiger partial charge is 0.233 e. The van der Waals surface area contributed by atoms with Crippen LogP contribution < -0.4 is 4.74 Å². The van der Waals surface area contributed by atoms with E-state index in [1.807, 2.05) is 58.0 Å². The predicted octanol–water partition coefficient (Wildman–Crippen LogP) is 3.88. The Balaban J connectivity index is 1.47. The first-order valence-corrected chi connectivity index (χ1v) is 11.7. The van der Waals surface area contributed by atoms with E-state index in [9.17, 15) is 4.79 Å². The number of benzene rings is 2. The summed E-state index contributed by atoms with van der Waals surface area (Å²) in [5.41, 5.74) is 3.14. The van der Waals surface area contributed by atoms with E-state index in [4.69, 9.17) is 9.47 Å². The van der Waals surface area contributed by atoms with Crippen LogP contribution in [0.3, 0.4) is 0 Å². The molecule has 32 heavy (non-hydrogen) atoms. The van der Waals surface area contributed by atoms with Gasteiger partial charge in [-0.05, 0) is 38.0 Å². The van der Waals surface area contributed by atoms with Crippen LogP contribution in [-0.4, -0.2) is 57.7 Å². The number of hydrogen-bond acceptors (Lipinski definition) is 6. The fourth-order valence-corrected chi connectivity index (χ4v) is 4.58. The Morgan fingerprint density at radius 2 is 2.06 bits per heavy atom. The summed E-state index contributed by atoms with van der Waals surface area (Å²) in [6.45, 7) is 3.86. The van der Waals surface area contributed by atoms with Crippen molar-refractivity contribution in [3.8, 4) is 11.4 Å². The van der Waals surface area contributed by atoms with Gasteiger partial charge in [0.05, 0.1) is 19.0 Å². The van der Waals surface area contributed by atoms with Gasteiger partial charge < -0.3 is 14.4 Å². The molecule has 1 unspecified atom stereocenters. The monoisotopic (exact) mass is 452 g/mol. The second-order valence-electron chi connectivity index (χ2n) is 7.83. The standard InChI is InChI=1S/C24H28N4O3S/c1-18-9-11-20(12-10-18)28-17-25-26-24(28)32-16-23(29)27(15-21-7-5-13-31-21)14-19-6-3-4-8-22(19)30-2/h3-4,6,8-12,17,21H,5,7,13-16H2,1-2H3. The minimum absolute atomic E-state index is 0.0369. The summed E-state index contributed by atoms with van der Waals surface area (Å²) in [6, 6.07) is 16.0. The van der Waals surface area contributed by atoms with Gasteiger partial charge in [-0.3, -0.25) is 9.36 Å². The molecule has 1 amide bonds. The first-order chi connectivity index (χ1) is 15.6. The van der Waals surface area contributed by atoms with Gasteiger partial charge in [-0.25, -0.2) is 0 Å². The molecule has 1 aliphatic heterocycles. The zero-order valence-corrected chi connectivity index (χ0v) is 19.3. The normalized spacial score (nSPS) is 15.6. The van der Waals surface area contributed by atoms with Crippen molar-refractivity contribution in [2.75, 3.05) is 26.0 Å². The maximum absolute atomic E-state index is 13.3. The highest BCUT2D eigenvalue weighted by molar-refractivity contribution is 7.99. The molecule has 168 valence electrons. The fraction of sp³-hybridized carbons (Fsp3) is 0.375. The van der Waals surface area contributed by atoms with Gasteiger partial charge in [0.1, 0.15) is 12.1 Å². The largest absolute Gasteiger partial charge is 0.496 e. The Bertz CT molecular complexity index is 1030. The summed E-state index contributed by atoms with van der Waals surface area (Å²) in [5, 5.41) is 8.96. The van der Waals surface area contributed by atoms with Crippen molar-refractivity contribution in [2.45, 2.75) is 37.6 Å². The lowest BCUT2D eigenvalue weighted by molar-refractivity contribution is -0.130. The minimum Gasteiger partial charge on any atom is -0.496 e. The van der Waals surface area contributed by atoms with Gasteiger partial charge in [-0.2, -0.15) is 0 Å². The molecule has 0 spiro atoms. The fourth-order valence-electron chi connectivity index (χ4n) is 3.75. The quantitative estimate of drug-likeness (QED) is 0.459. The molecular weight excluding hydrogens is 424 g/mol. The highest BCUT2D eigenvalue weighted by atomic mass is 32.2. The van der Waals surface area contributed by atoms with Crippen molar-refractivity contribution in [1.29, 1.82) is 0 Å². The summed E-state index contributed by atoms with van der Waals surface area (Å²) < 4.78 is 13.2. The summed E-state index contributed by atoms with van der Waals surface area (Å²) in [7, 11) is 1.65. The Morgan fingerprint density at radius 1 is 1.25 bits per heavy atom. The van der Waals surface area contributed by atoms with Crippen LogP contribution >= 0.6 is 11.8 Å². The zero-order valence-electron chi connectivity index (χ0n) is 18.4. The van der Waals surface area contributed by atoms with Crippen molar-refractivity contribution in [1.82, 2.24) is 19.7 Å². The number of amides is 1. The Hall–Kier alpha value is -2.84. The lowest BCUT2D eigenvalue weighted by atomic mass is 10.1. The number of rotatable bonds is 9. The van der Waals surface area contributed by atoms with E-state index in [0.29, 0.717) is 18.2 Å². The molecule has 8 heteroatoms. The summed E-state index contributed by atoms with van der Waals surface area (Å²) in [5.74, 6) is 1.09. The average molecular weight is 453 g/mol. The Morgan fingerprint density at radius 3 is 2.81 bits per heavy atom. The van der Waals surface area contributed by atoms with E-state index in [0.717, 1.165) is 36.4 Å². The molecule has 0 saturated carbocycles. The lowest BCUT2D eigenvalue weighted by Crippen LogP contribution is -2.38. The number of aromatic nitrogens is 3. The molecule has 1 fully saturated rings. The van der Waals surface area contributed by atoms with E-state index < -0.39 is 0 Å². The molecule has 1 saturated heterocycles. The number of hydrogen-bond donors (Lipinski definition) is 0. The third-order valence-corrected chi connectivity index (χ3v) is 6.44. The third kappa shape index (κ3) is 5.49. The van der Waals surface area contributed by atoms with Gasteiger partial charge in [-0.1, -0.05) is 47.7 Å². The number of nitrogens with zero attached hydrogens (tertiary/aromatic N) is 4. The first-order valence-electron chi connectivity index (χ1n) is 10.7. The maximum atomic E-state index is 13.3. The number of para-hydroxylation sites is 1. The van der Waals surface area contributed by atoms with Crippen molar-refractivity contribution in [3.63, 3.8) is 0 Å². The van der Waals surface area contributed by atoms with Crippen molar-refractivity contribution >= 4 is 17.7 Å². The third-order valence-electron chi connectivity index (χ3n) is 5.51. The van der Waals surface area contributed by atoms with Crippen molar-refractivity contribution < 1.29 is 14.3 Å². The van der Waals surface area contributed by atoms with Crippen LogP contribution in [0.25, 0.3) is 5.69 Å². The highest BCUT2D eigenvalue weighted by Crippen LogP contribution is 2.24. The molecular formula is C24H28N4O3S. The number of carbonyl (C=O) groups is 1. The van der Waals surface area contributed by atoms with Gasteiger partial charge >= 0.3 is 0 Å². The predicted molar refractivity (Wildman–Crippen MR) is 124 cm³/mol. The van der Waals surface area contributed by atoms with Gasteiger partial charge in [-0.15, -0.1) is 10.2 Å². The van der Waals surface area contributed by atoms with E-state index in [-0.39, 0.29) is 17.8 Å². The van der Waals surface area contributed by atoms with Crippen molar-refractivity contribution in [3.05, 3.63) is 66.0 Å². The van der Waals surface area contributed by atoms with Gasteiger partial charge in [0.2, 0.25) is 5.91 Å². The highest BCUT2D eigenvalue weighted by Gasteiger charge is 2.24. The van der Waals surface area contributed by atoms with Crippen LogP contribution in [0.15, 0.2) is 60.0 Å². The number of aryl methyl sites for hydroxylation is 1. The molecule has 2 heterocycles. The molecule has 0 bridgehead atoms. The number of thioether (sulfide) groups is 1. The molecule has 1 aromatic heterocycles.